The highest BCUT2D eigenvalue weighted by atomic mass is 35.5. The molecule has 0 unspecified atom stereocenters. The number of hydrogen-bond acceptors (Lipinski definition) is 6. The molecular weight excluding hydrogens is 520 g/mol. The van der Waals surface area contributed by atoms with Crippen LogP contribution in [0.15, 0.2) is 88.3 Å². The van der Waals surface area contributed by atoms with Gasteiger partial charge in [-0.05, 0) is 92.9 Å². The largest absolute Gasteiger partial charge is 0.459 e. The molecule has 1 aliphatic rings. The summed E-state index contributed by atoms with van der Waals surface area (Å²) in [7, 11) is 0. The van der Waals surface area contributed by atoms with Gasteiger partial charge in [0, 0.05) is 15.6 Å². The fraction of sp³-hybridized carbons (Fsp3) is 0.233. The lowest BCUT2D eigenvalue weighted by Crippen LogP contribution is -2.32. The van der Waals surface area contributed by atoms with Crippen LogP contribution in [0.5, 0.6) is 0 Å². The van der Waals surface area contributed by atoms with Gasteiger partial charge >= 0.3 is 5.97 Å². The Bertz CT molecular complexity index is 1350. The summed E-state index contributed by atoms with van der Waals surface area (Å²) in [6.45, 7) is 5.71. The van der Waals surface area contributed by atoms with Gasteiger partial charge < -0.3 is 10.1 Å². The zero-order valence-corrected chi connectivity index (χ0v) is 23.1. The molecule has 6 nitrogen and oxygen atoms in total. The lowest BCUT2D eigenvalue weighted by atomic mass is 10.1. The topological polar surface area (TPSA) is 75.7 Å². The monoisotopic (exact) mass is 548 g/mol. The number of halogens is 1. The van der Waals surface area contributed by atoms with Gasteiger partial charge in [0.2, 0.25) is 0 Å². The quantitative estimate of drug-likeness (QED) is 0.213. The Balaban J connectivity index is 1.63. The summed E-state index contributed by atoms with van der Waals surface area (Å²) in [6, 6.07) is 21.2. The summed E-state index contributed by atoms with van der Waals surface area (Å²) in [4.78, 5) is 41.6. The molecule has 0 atom stereocenters. The van der Waals surface area contributed by atoms with Crippen LogP contribution >= 0.6 is 23.4 Å². The van der Waals surface area contributed by atoms with Crippen LogP contribution in [-0.4, -0.2) is 23.9 Å². The van der Waals surface area contributed by atoms with Crippen molar-refractivity contribution < 1.29 is 19.1 Å². The molecule has 0 radical (unpaired) electrons. The van der Waals surface area contributed by atoms with E-state index in [0.717, 1.165) is 29.7 Å². The Labute approximate surface area is 232 Å². The summed E-state index contributed by atoms with van der Waals surface area (Å²) in [5.41, 5.74) is 2.80. The number of carbonyl (C=O) groups is 3. The number of hydrogen-bond donors (Lipinski definition) is 1. The number of thioether (sulfide) groups is 1. The van der Waals surface area contributed by atoms with Crippen molar-refractivity contribution in [2.24, 2.45) is 0 Å². The van der Waals surface area contributed by atoms with E-state index in [4.69, 9.17) is 16.3 Å². The van der Waals surface area contributed by atoms with Crippen molar-refractivity contribution in [3.63, 3.8) is 0 Å². The number of esters is 1. The predicted octanol–water partition coefficient (Wildman–Crippen LogP) is 7.24. The normalized spacial score (nSPS) is 13.4. The third-order valence-corrected chi connectivity index (χ3v) is 7.16. The van der Waals surface area contributed by atoms with Crippen molar-refractivity contribution in [1.82, 2.24) is 0 Å². The van der Waals surface area contributed by atoms with E-state index < -0.39 is 17.8 Å². The molecule has 0 spiro atoms. The number of rotatable bonds is 10. The van der Waals surface area contributed by atoms with Crippen molar-refractivity contribution in [3.8, 4) is 0 Å². The smallest absolute Gasteiger partial charge is 0.338 e. The van der Waals surface area contributed by atoms with Crippen LogP contribution in [-0.2, 0) is 20.7 Å². The average Bonchev–Trinajstić information content (AvgIpc) is 3.13. The minimum Gasteiger partial charge on any atom is -0.459 e. The highest BCUT2D eigenvalue weighted by Gasteiger charge is 2.40. The summed E-state index contributed by atoms with van der Waals surface area (Å²) in [5, 5.41) is 3.70. The van der Waals surface area contributed by atoms with E-state index in [1.807, 2.05) is 24.3 Å². The number of imide groups is 1. The van der Waals surface area contributed by atoms with Gasteiger partial charge in [0.15, 0.2) is 0 Å². The van der Waals surface area contributed by atoms with Gasteiger partial charge in [-0.2, -0.15) is 0 Å². The van der Waals surface area contributed by atoms with Gasteiger partial charge in [0.25, 0.3) is 11.8 Å². The SMILES string of the molecule is CCCCc1ccc(N2C(=O)C(Nc3ccc(C(=O)OC(C)C)cc3)=C(Sc3ccc(Cl)cc3)C2=O)cc1. The van der Waals surface area contributed by atoms with Crippen LogP contribution in [0.2, 0.25) is 5.02 Å². The Morgan fingerprint density at radius 1 is 0.947 bits per heavy atom. The molecule has 0 bridgehead atoms. The number of carbonyl (C=O) groups excluding carboxylic acids is 3. The van der Waals surface area contributed by atoms with E-state index in [2.05, 4.69) is 12.2 Å². The number of anilines is 2. The van der Waals surface area contributed by atoms with E-state index in [9.17, 15) is 14.4 Å². The minimum atomic E-state index is -0.448. The number of amides is 2. The molecule has 8 heteroatoms. The first-order valence-corrected chi connectivity index (χ1v) is 13.7. The molecule has 2 amide bonds. The average molecular weight is 549 g/mol. The molecule has 3 aromatic rings. The number of ether oxygens (including phenoxy) is 1. The van der Waals surface area contributed by atoms with Crippen LogP contribution in [0.4, 0.5) is 11.4 Å². The van der Waals surface area contributed by atoms with Gasteiger partial charge in [-0.1, -0.05) is 48.8 Å². The Kier molecular flexibility index (Phi) is 8.92. The highest BCUT2D eigenvalue weighted by molar-refractivity contribution is 8.04. The standard InChI is InChI=1S/C30H29ClN2O4S/c1-4-5-6-20-7-15-24(16-8-20)33-28(34)26(27(29(33)35)38-25-17-11-22(31)12-18-25)32-23-13-9-21(10-14-23)30(36)37-19(2)3/h7-19,32H,4-6H2,1-3H3. The summed E-state index contributed by atoms with van der Waals surface area (Å²) < 4.78 is 5.24. The van der Waals surface area contributed by atoms with Crippen LogP contribution < -0.4 is 10.2 Å². The summed E-state index contributed by atoms with van der Waals surface area (Å²) in [6.07, 6.45) is 2.88. The van der Waals surface area contributed by atoms with E-state index >= 15 is 0 Å². The van der Waals surface area contributed by atoms with Gasteiger partial charge in [-0.25, -0.2) is 9.69 Å². The fourth-order valence-electron chi connectivity index (χ4n) is 3.88. The number of aryl methyl sites for hydroxylation is 1. The molecule has 3 aromatic carbocycles. The van der Waals surface area contributed by atoms with Crippen LogP contribution in [0.3, 0.4) is 0 Å². The zero-order valence-electron chi connectivity index (χ0n) is 21.5. The van der Waals surface area contributed by atoms with Gasteiger partial charge in [0.05, 0.1) is 17.4 Å². The van der Waals surface area contributed by atoms with E-state index in [1.54, 1.807) is 62.4 Å². The van der Waals surface area contributed by atoms with Crippen molar-refractivity contribution in [3.05, 3.63) is 99.5 Å². The molecule has 0 fully saturated rings. The maximum atomic E-state index is 13.6. The predicted molar refractivity (Wildman–Crippen MR) is 152 cm³/mol. The van der Waals surface area contributed by atoms with Gasteiger partial charge in [-0.3, -0.25) is 9.59 Å². The summed E-state index contributed by atoms with van der Waals surface area (Å²) >= 11 is 7.23. The lowest BCUT2D eigenvalue weighted by molar-refractivity contribution is -0.120. The first-order chi connectivity index (χ1) is 18.3. The first kappa shape index (κ1) is 27.5. The second-order valence-corrected chi connectivity index (χ2v) is 10.7. The molecule has 1 aliphatic heterocycles. The number of nitrogens with zero attached hydrogens (tertiary/aromatic N) is 1. The van der Waals surface area contributed by atoms with E-state index in [-0.39, 0.29) is 16.7 Å². The Morgan fingerprint density at radius 2 is 1.61 bits per heavy atom. The number of unbranched alkanes of at least 4 members (excludes halogenated alkanes) is 1. The van der Waals surface area contributed by atoms with Crippen LogP contribution in [0.25, 0.3) is 0 Å². The zero-order chi connectivity index (χ0) is 27.2. The Morgan fingerprint density at radius 3 is 2.21 bits per heavy atom. The van der Waals surface area contributed by atoms with Crippen LogP contribution in [0.1, 0.15) is 49.5 Å². The van der Waals surface area contributed by atoms with Gasteiger partial charge in [-0.15, -0.1) is 0 Å². The van der Waals surface area contributed by atoms with E-state index in [1.165, 1.54) is 16.7 Å². The van der Waals surface area contributed by atoms with Crippen molar-refractivity contribution in [2.45, 2.75) is 51.0 Å². The molecular formula is C30H29ClN2O4S. The third kappa shape index (κ3) is 6.47. The second-order valence-electron chi connectivity index (χ2n) is 9.13. The fourth-order valence-corrected chi connectivity index (χ4v) is 4.93. The molecule has 0 aromatic heterocycles. The van der Waals surface area contributed by atoms with Crippen molar-refractivity contribution >= 4 is 52.5 Å². The molecule has 0 aliphatic carbocycles. The molecule has 196 valence electrons. The molecule has 1 N–H and O–H groups in total. The van der Waals surface area contributed by atoms with Crippen LogP contribution in [0, 0.1) is 0 Å². The highest BCUT2D eigenvalue weighted by Crippen LogP contribution is 2.38. The van der Waals surface area contributed by atoms with Crippen molar-refractivity contribution in [1.29, 1.82) is 0 Å². The summed E-state index contributed by atoms with van der Waals surface area (Å²) in [5.74, 6) is -1.28. The number of benzene rings is 3. The maximum absolute atomic E-state index is 13.6. The third-order valence-electron chi connectivity index (χ3n) is 5.82. The molecule has 0 saturated carbocycles. The van der Waals surface area contributed by atoms with Crippen molar-refractivity contribution in [2.75, 3.05) is 10.2 Å². The molecule has 1 heterocycles. The molecule has 0 saturated heterocycles. The Hall–Kier alpha value is -3.55. The molecule has 38 heavy (non-hydrogen) atoms. The first-order valence-electron chi connectivity index (χ1n) is 12.5. The maximum Gasteiger partial charge on any atom is 0.338 e. The number of nitrogens with one attached hydrogen (secondary N) is 1. The van der Waals surface area contributed by atoms with Gasteiger partial charge in [0.1, 0.15) is 10.6 Å². The molecule has 4 rings (SSSR count). The van der Waals surface area contributed by atoms with E-state index in [0.29, 0.717) is 22.0 Å². The second kappa shape index (κ2) is 12.3. The lowest BCUT2D eigenvalue weighted by Gasteiger charge is -2.16. The minimum absolute atomic E-state index is 0.169.